The second-order valence-electron chi connectivity index (χ2n) is 4.14. The summed E-state index contributed by atoms with van der Waals surface area (Å²) >= 11 is 0. The predicted molar refractivity (Wildman–Crippen MR) is 61.5 cm³/mol. The molecule has 0 aliphatic heterocycles. The number of hydrogen-bond acceptors (Lipinski definition) is 3. The van der Waals surface area contributed by atoms with Gasteiger partial charge in [-0.3, -0.25) is 4.68 Å². The predicted octanol–water partition coefficient (Wildman–Crippen LogP) is 1.90. The van der Waals surface area contributed by atoms with Crippen molar-refractivity contribution in [2.24, 2.45) is 13.0 Å². The monoisotopic (exact) mass is 210 g/mol. The summed E-state index contributed by atoms with van der Waals surface area (Å²) in [7, 11) is 1.95. The zero-order valence-electron chi connectivity index (χ0n) is 10.2. The molecule has 1 aromatic heterocycles. The van der Waals surface area contributed by atoms with E-state index in [2.05, 4.69) is 36.4 Å². The molecule has 1 aromatic rings. The van der Waals surface area contributed by atoms with Crippen molar-refractivity contribution in [1.29, 1.82) is 0 Å². The fourth-order valence-electron chi connectivity index (χ4n) is 1.74. The molecule has 0 amide bonds. The molecule has 4 nitrogen and oxygen atoms in total. The van der Waals surface area contributed by atoms with Gasteiger partial charge in [0.2, 0.25) is 0 Å². The third kappa shape index (κ3) is 3.30. The summed E-state index contributed by atoms with van der Waals surface area (Å²) < 4.78 is 1.86. The van der Waals surface area contributed by atoms with E-state index < -0.39 is 0 Å². The molecule has 15 heavy (non-hydrogen) atoms. The minimum absolute atomic E-state index is 0.380. The number of aryl methyl sites for hydroxylation is 1. The number of rotatable bonds is 6. The normalized spacial score (nSPS) is 15.2. The van der Waals surface area contributed by atoms with Crippen molar-refractivity contribution in [3.63, 3.8) is 0 Å². The van der Waals surface area contributed by atoms with Gasteiger partial charge in [0.15, 0.2) is 0 Å². The Morgan fingerprint density at radius 2 is 2.20 bits per heavy atom. The second-order valence-corrected chi connectivity index (χ2v) is 4.14. The van der Waals surface area contributed by atoms with E-state index in [-0.39, 0.29) is 0 Å². The number of hydrogen-bond donors (Lipinski definition) is 1. The van der Waals surface area contributed by atoms with Gasteiger partial charge >= 0.3 is 0 Å². The van der Waals surface area contributed by atoms with Crippen molar-refractivity contribution in [1.82, 2.24) is 20.3 Å². The lowest BCUT2D eigenvalue weighted by molar-refractivity contribution is 0.392. The highest BCUT2D eigenvalue weighted by Crippen LogP contribution is 2.21. The van der Waals surface area contributed by atoms with E-state index in [1.807, 2.05) is 17.9 Å². The van der Waals surface area contributed by atoms with Gasteiger partial charge in [-0.25, -0.2) is 0 Å². The van der Waals surface area contributed by atoms with Crippen LogP contribution in [0.1, 0.15) is 45.3 Å². The van der Waals surface area contributed by atoms with Gasteiger partial charge < -0.3 is 5.32 Å². The van der Waals surface area contributed by atoms with Gasteiger partial charge in [0.05, 0.1) is 17.9 Å². The van der Waals surface area contributed by atoms with Crippen LogP contribution in [0.4, 0.5) is 0 Å². The first-order valence-corrected chi connectivity index (χ1v) is 5.76. The molecule has 0 aromatic carbocycles. The van der Waals surface area contributed by atoms with E-state index in [0.717, 1.165) is 18.9 Å². The highest BCUT2D eigenvalue weighted by atomic mass is 15.4. The summed E-state index contributed by atoms with van der Waals surface area (Å²) in [4.78, 5) is 0. The van der Waals surface area contributed by atoms with Gasteiger partial charge in [0.1, 0.15) is 0 Å². The lowest BCUT2D eigenvalue weighted by Gasteiger charge is -2.20. The van der Waals surface area contributed by atoms with Crippen LogP contribution in [0.3, 0.4) is 0 Å². The summed E-state index contributed by atoms with van der Waals surface area (Å²) in [5.74, 6) is 0.726. The molecule has 0 saturated heterocycles. The molecule has 0 aliphatic rings. The fourth-order valence-corrected chi connectivity index (χ4v) is 1.74. The molecular formula is C11H22N4. The lowest BCUT2D eigenvalue weighted by Crippen LogP contribution is -2.25. The molecule has 0 aliphatic carbocycles. The maximum Gasteiger partial charge on any atom is 0.0753 e. The number of aromatic nitrogens is 3. The first-order chi connectivity index (χ1) is 7.19. The minimum Gasteiger partial charge on any atom is -0.309 e. The fraction of sp³-hybridized carbons (Fsp3) is 0.818. The molecule has 1 heterocycles. The Morgan fingerprint density at radius 3 is 2.67 bits per heavy atom. The molecule has 1 rings (SSSR count). The summed E-state index contributed by atoms with van der Waals surface area (Å²) in [6.07, 6.45) is 4.22. The van der Waals surface area contributed by atoms with Crippen LogP contribution in [0.2, 0.25) is 0 Å². The SMILES string of the molecule is CCNC(CC(C)CC)c1cnnn1C. The van der Waals surface area contributed by atoms with Crippen LogP contribution < -0.4 is 5.32 Å². The van der Waals surface area contributed by atoms with Crippen molar-refractivity contribution in [3.8, 4) is 0 Å². The van der Waals surface area contributed by atoms with E-state index in [0.29, 0.717) is 6.04 Å². The minimum atomic E-state index is 0.380. The average Bonchev–Trinajstić information content (AvgIpc) is 2.63. The molecule has 0 saturated carbocycles. The Labute approximate surface area is 92.1 Å². The van der Waals surface area contributed by atoms with Crippen molar-refractivity contribution in [3.05, 3.63) is 11.9 Å². The number of nitrogens with zero attached hydrogens (tertiary/aromatic N) is 3. The first kappa shape index (κ1) is 12.2. The van der Waals surface area contributed by atoms with Crippen LogP contribution in [0, 0.1) is 5.92 Å². The zero-order chi connectivity index (χ0) is 11.3. The summed E-state index contributed by atoms with van der Waals surface area (Å²) in [5.41, 5.74) is 1.18. The molecule has 0 radical (unpaired) electrons. The maximum atomic E-state index is 3.98. The second kappa shape index (κ2) is 5.85. The summed E-state index contributed by atoms with van der Waals surface area (Å²) in [6, 6.07) is 0.380. The van der Waals surface area contributed by atoms with Gasteiger partial charge in [0.25, 0.3) is 0 Å². The van der Waals surface area contributed by atoms with Crippen LogP contribution in [-0.4, -0.2) is 21.5 Å². The van der Waals surface area contributed by atoms with Crippen molar-refractivity contribution >= 4 is 0 Å². The standard InChI is InChI=1S/C11H22N4/c1-5-9(3)7-10(12-6-2)11-8-13-14-15(11)4/h8-10,12H,5-7H2,1-4H3. The van der Waals surface area contributed by atoms with Crippen molar-refractivity contribution in [2.75, 3.05) is 6.54 Å². The highest BCUT2D eigenvalue weighted by Gasteiger charge is 2.16. The topological polar surface area (TPSA) is 42.7 Å². The van der Waals surface area contributed by atoms with Crippen LogP contribution in [0.5, 0.6) is 0 Å². The van der Waals surface area contributed by atoms with Gasteiger partial charge in [-0.05, 0) is 18.9 Å². The Kier molecular flexibility index (Phi) is 4.75. The average molecular weight is 210 g/mol. The first-order valence-electron chi connectivity index (χ1n) is 5.76. The summed E-state index contributed by atoms with van der Waals surface area (Å²) in [6.45, 7) is 7.63. The quantitative estimate of drug-likeness (QED) is 0.780. The molecule has 4 heteroatoms. The van der Waals surface area contributed by atoms with E-state index in [1.165, 1.54) is 12.1 Å². The van der Waals surface area contributed by atoms with E-state index in [9.17, 15) is 0 Å². The lowest BCUT2D eigenvalue weighted by atomic mass is 9.97. The summed E-state index contributed by atoms with van der Waals surface area (Å²) in [5, 5.41) is 11.4. The molecule has 2 unspecified atom stereocenters. The highest BCUT2D eigenvalue weighted by molar-refractivity contribution is 5.01. The molecule has 0 spiro atoms. The largest absolute Gasteiger partial charge is 0.309 e. The molecule has 86 valence electrons. The van der Waals surface area contributed by atoms with Gasteiger partial charge in [-0.2, -0.15) is 0 Å². The Hall–Kier alpha value is -0.900. The zero-order valence-corrected chi connectivity index (χ0v) is 10.2. The van der Waals surface area contributed by atoms with Crippen LogP contribution in [-0.2, 0) is 7.05 Å². The van der Waals surface area contributed by atoms with Crippen LogP contribution >= 0.6 is 0 Å². The van der Waals surface area contributed by atoms with Gasteiger partial charge in [-0.1, -0.05) is 32.4 Å². The van der Waals surface area contributed by atoms with E-state index >= 15 is 0 Å². The third-order valence-corrected chi connectivity index (χ3v) is 2.89. The van der Waals surface area contributed by atoms with Crippen LogP contribution in [0.15, 0.2) is 6.20 Å². The molecule has 2 atom stereocenters. The van der Waals surface area contributed by atoms with E-state index in [4.69, 9.17) is 0 Å². The Balaban J connectivity index is 2.69. The van der Waals surface area contributed by atoms with Crippen molar-refractivity contribution in [2.45, 2.75) is 39.7 Å². The Morgan fingerprint density at radius 1 is 1.47 bits per heavy atom. The van der Waals surface area contributed by atoms with Gasteiger partial charge in [-0.15, -0.1) is 5.10 Å². The molecule has 1 N–H and O–H groups in total. The number of nitrogens with one attached hydrogen (secondary N) is 1. The third-order valence-electron chi connectivity index (χ3n) is 2.89. The maximum absolute atomic E-state index is 3.98. The van der Waals surface area contributed by atoms with Gasteiger partial charge in [0, 0.05) is 7.05 Å². The van der Waals surface area contributed by atoms with Crippen molar-refractivity contribution < 1.29 is 0 Å². The Bertz CT molecular complexity index is 282. The molecule has 0 bridgehead atoms. The molecular weight excluding hydrogens is 188 g/mol. The van der Waals surface area contributed by atoms with E-state index in [1.54, 1.807) is 0 Å². The molecule has 0 fully saturated rings. The van der Waals surface area contributed by atoms with Crippen LogP contribution in [0.25, 0.3) is 0 Å². The smallest absolute Gasteiger partial charge is 0.0753 e.